The average Bonchev–Trinajstić information content (AvgIpc) is 3.60. The zero-order valence-electron chi connectivity index (χ0n) is 17.0. The number of anilines is 2. The second-order valence-corrected chi connectivity index (χ2v) is 8.15. The van der Waals surface area contributed by atoms with Crippen LogP contribution in [0, 0.1) is 5.92 Å². The molecule has 2 N–H and O–H groups in total. The van der Waals surface area contributed by atoms with E-state index in [2.05, 4.69) is 15.5 Å². The van der Waals surface area contributed by atoms with Crippen LogP contribution in [-0.4, -0.2) is 24.9 Å². The van der Waals surface area contributed by atoms with Gasteiger partial charge in [0.1, 0.15) is 0 Å². The van der Waals surface area contributed by atoms with Gasteiger partial charge in [-0.15, -0.1) is 0 Å². The first-order valence-corrected chi connectivity index (χ1v) is 10.7. The van der Waals surface area contributed by atoms with E-state index in [1.807, 2.05) is 55.5 Å². The third-order valence-corrected chi connectivity index (χ3v) is 5.80. The summed E-state index contributed by atoms with van der Waals surface area (Å²) in [6.45, 7) is 3.91. The molecule has 1 aliphatic carbocycles. The van der Waals surface area contributed by atoms with Gasteiger partial charge < -0.3 is 15.5 Å². The summed E-state index contributed by atoms with van der Waals surface area (Å²) in [5.74, 6) is 0.0799. The molecule has 2 fully saturated rings. The molecule has 1 atom stereocenters. The van der Waals surface area contributed by atoms with Gasteiger partial charge in [0, 0.05) is 30.4 Å². The predicted molar refractivity (Wildman–Crippen MR) is 116 cm³/mol. The molecule has 5 heteroatoms. The molecule has 2 aliphatic rings. The molecule has 0 aromatic heterocycles. The molecule has 1 aliphatic heterocycles. The van der Waals surface area contributed by atoms with Crippen LogP contribution in [0.5, 0.6) is 0 Å². The topological polar surface area (TPSA) is 61.4 Å². The molecule has 4 rings (SSSR count). The average molecular weight is 392 g/mol. The van der Waals surface area contributed by atoms with Crippen molar-refractivity contribution in [3.63, 3.8) is 0 Å². The Balaban J connectivity index is 1.58. The number of amides is 2. The van der Waals surface area contributed by atoms with Crippen molar-refractivity contribution in [3.8, 4) is 0 Å². The molecule has 1 heterocycles. The fourth-order valence-electron chi connectivity index (χ4n) is 3.90. The highest BCUT2D eigenvalue weighted by molar-refractivity contribution is 6.02. The van der Waals surface area contributed by atoms with Gasteiger partial charge in [0.15, 0.2) is 0 Å². The highest BCUT2D eigenvalue weighted by Gasteiger charge is 2.30. The van der Waals surface area contributed by atoms with Crippen LogP contribution in [0.25, 0.3) is 0 Å². The van der Waals surface area contributed by atoms with Crippen LogP contribution < -0.4 is 15.5 Å². The molecule has 0 unspecified atom stereocenters. The second-order valence-electron chi connectivity index (χ2n) is 8.15. The van der Waals surface area contributed by atoms with Crippen LogP contribution in [0.2, 0.25) is 0 Å². The molecule has 0 spiro atoms. The molecular formula is C24H29N3O2. The summed E-state index contributed by atoms with van der Waals surface area (Å²) in [6.07, 6.45) is 5.43. The minimum atomic E-state index is -0.107. The Labute approximate surface area is 172 Å². The molecule has 2 aromatic rings. The van der Waals surface area contributed by atoms with Gasteiger partial charge in [-0.05, 0) is 62.8 Å². The van der Waals surface area contributed by atoms with E-state index in [9.17, 15) is 9.59 Å². The van der Waals surface area contributed by atoms with E-state index in [4.69, 9.17) is 0 Å². The number of piperidine rings is 1. The Hall–Kier alpha value is -2.82. The van der Waals surface area contributed by atoms with Gasteiger partial charge in [0.25, 0.3) is 5.91 Å². The standard InChI is InChI=1S/C24H29N3O2/c1-17(18-8-4-2-5-9-18)25-24(29)21-16-20(26-23(28)19-10-11-19)12-13-22(21)27-14-6-3-7-15-27/h2,4-5,8-9,12-13,16-17,19H,3,6-7,10-11,14-15H2,1H3,(H,25,29)(H,26,28)/t17-/m0/s1. The minimum absolute atomic E-state index is 0.0553. The van der Waals surface area contributed by atoms with Gasteiger partial charge in [0.2, 0.25) is 5.91 Å². The largest absolute Gasteiger partial charge is 0.371 e. The third-order valence-electron chi connectivity index (χ3n) is 5.80. The Morgan fingerprint density at radius 2 is 1.72 bits per heavy atom. The van der Waals surface area contributed by atoms with E-state index < -0.39 is 0 Å². The summed E-state index contributed by atoms with van der Waals surface area (Å²) in [7, 11) is 0. The summed E-state index contributed by atoms with van der Waals surface area (Å²) in [5, 5.41) is 6.11. The zero-order chi connectivity index (χ0) is 20.2. The van der Waals surface area contributed by atoms with Crippen LogP contribution >= 0.6 is 0 Å². The lowest BCUT2D eigenvalue weighted by atomic mass is 10.0. The lowest BCUT2D eigenvalue weighted by Gasteiger charge is -2.31. The van der Waals surface area contributed by atoms with Crippen molar-refractivity contribution in [2.24, 2.45) is 5.92 Å². The van der Waals surface area contributed by atoms with E-state index in [1.54, 1.807) is 0 Å². The lowest BCUT2D eigenvalue weighted by molar-refractivity contribution is -0.117. The first kappa shape index (κ1) is 19.5. The van der Waals surface area contributed by atoms with Crippen molar-refractivity contribution in [2.45, 2.75) is 45.1 Å². The number of rotatable bonds is 6. The number of benzene rings is 2. The number of carbonyl (C=O) groups is 2. The smallest absolute Gasteiger partial charge is 0.253 e. The van der Waals surface area contributed by atoms with Gasteiger partial charge >= 0.3 is 0 Å². The minimum Gasteiger partial charge on any atom is -0.371 e. The van der Waals surface area contributed by atoms with Gasteiger partial charge in [0.05, 0.1) is 11.6 Å². The fraction of sp³-hybridized carbons (Fsp3) is 0.417. The van der Waals surface area contributed by atoms with Gasteiger partial charge in [-0.2, -0.15) is 0 Å². The van der Waals surface area contributed by atoms with E-state index in [0.29, 0.717) is 11.3 Å². The van der Waals surface area contributed by atoms with Gasteiger partial charge in [-0.25, -0.2) is 0 Å². The molecule has 2 aromatic carbocycles. The maximum Gasteiger partial charge on any atom is 0.253 e. The monoisotopic (exact) mass is 391 g/mol. The number of carbonyl (C=O) groups excluding carboxylic acids is 2. The summed E-state index contributed by atoms with van der Waals surface area (Å²) < 4.78 is 0. The maximum atomic E-state index is 13.2. The van der Waals surface area contributed by atoms with Gasteiger partial charge in [-0.3, -0.25) is 9.59 Å². The van der Waals surface area contributed by atoms with E-state index in [0.717, 1.165) is 50.0 Å². The van der Waals surface area contributed by atoms with Crippen LogP contribution in [0.4, 0.5) is 11.4 Å². The molecule has 1 saturated carbocycles. The quantitative estimate of drug-likeness (QED) is 0.761. The molecule has 5 nitrogen and oxygen atoms in total. The third kappa shape index (κ3) is 4.78. The molecule has 0 bridgehead atoms. The molecule has 0 radical (unpaired) electrons. The molecule has 2 amide bonds. The highest BCUT2D eigenvalue weighted by Crippen LogP contribution is 2.32. The lowest BCUT2D eigenvalue weighted by Crippen LogP contribution is -2.33. The van der Waals surface area contributed by atoms with Crippen LogP contribution in [0.3, 0.4) is 0 Å². The molecular weight excluding hydrogens is 362 g/mol. The van der Waals surface area contributed by atoms with Crippen molar-refractivity contribution < 1.29 is 9.59 Å². The first-order chi connectivity index (χ1) is 14.1. The number of hydrogen-bond acceptors (Lipinski definition) is 3. The van der Waals surface area contributed by atoms with E-state index >= 15 is 0 Å². The predicted octanol–water partition coefficient (Wildman–Crippen LogP) is 4.52. The second kappa shape index (κ2) is 8.68. The number of nitrogens with zero attached hydrogens (tertiary/aromatic N) is 1. The van der Waals surface area contributed by atoms with Crippen LogP contribution in [-0.2, 0) is 4.79 Å². The van der Waals surface area contributed by atoms with Crippen molar-refractivity contribution in [2.75, 3.05) is 23.3 Å². The van der Waals surface area contributed by atoms with E-state index in [-0.39, 0.29) is 23.8 Å². The SMILES string of the molecule is C[C@H](NC(=O)c1cc(NC(=O)C2CC2)ccc1N1CCCCC1)c1ccccc1. The first-order valence-electron chi connectivity index (χ1n) is 10.7. The van der Waals surface area contributed by atoms with Gasteiger partial charge in [-0.1, -0.05) is 30.3 Å². The van der Waals surface area contributed by atoms with Crippen molar-refractivity contribution >= 4 is 23.2 Å². The molecule has 29 heavy (non-hydrogen) atoms. The Morgan fingerprint density at radius 1 is 1.00 bits per heavy atom. The number of nitrogens with one attached hydrogen (secondary N) is 2. The Kier molecular flexibility index (Phi) is 5.84. The molecule has 1 saturated heterocycles. The van der Waals surface area contributed by atoms with Crippen molar-refractivity contribution in [1.29, 1.82) is 0 Å². The summed E-state index contributed by atoms with van der Waals surface area (Å²) in [4.78, 5) is 27.7. The van der Waals surface area contributed by atoms with Crippen LogP contribution in [0.1, 0.15) is 61.0 Å². The summed E-state index contributed by atoms with van der Waals surface area (Å²) >= 11 is 0. The fourth-order valence-corrected chi connectivity index (χ4v) is 3.90. The normalized spacial score (nSPS) is 17.5. The Morgan fingerprint density at radius 3 is 2.41 bits per heavy atom. The van der Waals surface area contributed by atoms with E-state index in [1.165, 1.54) is 6.42 Å². The number of hydrogen-bond donors (Lipinski definition) is 2. The summed E-state index contributed by atoms with van der Waals surface area (Å²) in [5.41, 5.74) is 3.34. The zero-order valence-corrected chi connectivity index (χ0v) is 17.0. The molecule has 152 valence electrons. The summed E-state index contributed by atoms with van der Waals surface area (Å²) in [6, 6.07) is 15.6. The van der Waals surface area contributed by atoms with Crippen LogP contribution in [0.15, 0.2) is 48.5 Å². The van der Waals surface area contributed by atoms with Crippen molar-refractivity contribution in [3.05, 3.63) is 59.7 Å². The maximum absolute atomic E-state index is 13.2. The highest BCUT2D eigenvalue weighted by atomic mass is 16.2. The Bertz CT molecular complexity index is 871. The van der Waals surface area contributed by atoms with Crippen molar-refractivity contribution in [1.82, 2.24) is 5.32 Å².